The van der Waals surface area contributed by atoms with Crippen LogP contribution in [-0.4, -0.2) is 19.5 Å². The van der Waals surface area contributed by atoms with E-state index in [1.165, 1.54) is 6.07 Å². The Balaban J connectivity index is 2.53. The van der Waals surface area contributed by atoms with Gasteiger partial charge in [-0.25, -0.2) is 4.39 Å². The summed E-state index contributed by atoms with van der Waals surface area (Å²) in [5.74, 6) is -0.437. The van der Waals surface area contributed by atoms with Crippen molar-refractivity contribution in [3.8, 4) is 0 Å². The molecule has 16 heavy (non-hydrogen) atoms. The molecule has 2 nitrogen and oxygen atoms in total. The Morgan fingerprint density at radius 1 is 1.50 bits per heavy atom. The van der Waals surface area contributed by atoms with Gasteiger partial charge in [0.15, 0.2) is 0 Å². The Morgan fingerprint density at radius 2 is 2.25 bits per heavy atom. The summed E-state index contributed by atoms with van der Waals surface area (Å²) in [6.07, 6.45) is 1.29. The molecule has 0 amide bonds. The first-order valence-corrected chi connectivity index (χ1v) is 5.46. The minimum atomic E-state index is -0.483. The molecular formula is C12H14ClFO2. The lowest BCUT2D eigenvalue weighted by atomic mass is 10.1. The van der Waals surface area contributed by atoms with Gasteiger partial charge < -0.3 is 4.74 Å². The van der Waals surface area contributed by atoms with Gasteiger partial charge in [0.2, 0.25) is 0 Å². The summed E-state index contributed by atoms with van der Waals surface area (Å²) >= 11 is 5.75. The molecule has 0 atom stereocenters. The number of hydrogen-bond acceptors (Lipinski definition) is 2. The van der Waals surface area contributed by atoms with Crippen molar-refractivity contribution in [2.75, 3.05) is 13.7 Å². The van der Waals surface area contributed by atoms with Gasteiger partial charge in [-0.15, -0.1) is 0 Å². The smallest absolute Gasteiger partial charge is 0.142 e. The van der Waals surface area contributed by atoms with E-state index >= 15 is 0 Å². The summed E-state index contributed by atoms with van der Waals surface area (Å²) in [6, 6.07) is 4.50. The zero-order valence-electron chi connectivity index (χ0n) is 9.13. The first-order chi connectivity index (χ1) is 7.65. The van der Waals surface area contributed by atoms with Gasteiger partial charge in [-0.2, -0.15) is 0 Å². The van der Waals surface area contributed by atoms with Crippen molar-refractivity contribution in [2.45, 2.75) is 19.3 Å². The summed E-state index contributed by atoms with van der Waals surface area (Å²) in [7, 11) is 1.59. The van der Waals surface area contributed by atoms with E-state index in [-0.39, 0.29) is 17.2 Å². The molecule has 4 heteroatoms. The average Bonchev–Trinajstić information content (AvgIpc) is 2.25. The van der Waals surface area contributed by atoms with E-state index in [0.717, 1.165) is 0 Å². The average molecular weight is 245 g/mol. The predicted molar refractivity (Wildman–Crippen MR) is 61.2 cm³/mol. The molecule has 0 saturated carbocycles. The topological polar surface area (TPSA) is 26.3 Å². The molecule has 88 valence electrons. The van der Waals surface area contributed by atoms with E-state index in [1.807, 2.05) is 0 Å². The molecule has 0 aliphatic rings. The molecule has 1 rings (SSSR count). The molecule has 1 aromatic rings. The Kier molecular flexibility index (Phi) is 5.43. The normalized spacial score (nSPS) is 10.4. The standard InChI is InChI=1S/C12H14ClFO2/c1-16-7-3-5-10(15)8-9-4-2-6-11(14)12(9)13/h2,4,6H,3,5,7-8H2,1H3. The molecule has 0 radical (unpaired) electrons. The SMILES string of the molecule is COCCCC(=O)Cc1cccc(F)c1Cl. The zero-order valence-corrected chi connectivity index (χ0v) is 9.89. The number of benzene rings is 1. The highest BCUT2D eigenvalue weighted by Crippen LogP contribution is 2.20. The second-order valence-corrected chi connectivity index (χ2v) is 3.90. The minimum Gasteiger partial charge on any atom is -0.385 e. The van der Waals surface area contributed by atoms with Gasteiger partial charge in [0.1, 0.15) is 11.6 Å². The fourth-order valence-corrected chi connectivity index (χ4v) is 1.59. The van der Waals surface area contributed by atoms with Crippen LogP contribution in [0.2, 0.25) is 5.02 Å². The Labute approximate surface area is 99.4 Å². The quantitative estimate of drug-likeness (QED) is 0.719. The Hall–Kier alpha value is -0.930. The van der Waals surface area contributed by atoms with Crippen LogP contribution in [0.25, 0.3) is 0 Å². The maximum atomic E-state index is 13.1. The molecule has 1 aromatic carbocycles. The van der Waals surface area contributed by atoms with E-state index in [4.69, 9.17) is 16.3 Å². The summed E-state index contributed by atoms with van der Waals surface area (Å²) < 4.78 is 17.9. The van der Waals surface area contributed by atoms with Crippen molar-refractivity contribution >= 4 is 17.4 Å². The molecule has 0 aliphatic carbocycles. The Bertz CT molecular complexity index is 366. The van der Waals surface area contributed by atoms with Gasteiger partial charge in [-0.05, 0) is 18.1 Å². The molecule has 0 spiro atoms. The van der Waals surface area contributed by atoms with Gasteiger partial charge in [0.25, 0.3) is 0 Å². The highest BCUT2D eigenvalue weighted by Gasteiger charge is 2.09. The Morgan fingerprint density at radius 3 is 2.94 bits per heavy atom. The second-order valence-electron chi connectivity index (χ2n) is 3.52. The van der Waals surface area contributed by atoms with Crippen LogP contribution in [0.5, 0.6) is 0 Å². The van der Waals surface area contributed by atoms with E-state index in [2.05, 4.69) is 0 Å². The molecule has 0 heterocycles. The molecule has 0 aliphatic heterocycles. The maximum absolute atomic E-state index is 13.1. The summed E-state index contributed by atoms with van der Waals surface area (Å²) in [4.78, 5) is 11.5. The number of ketones is 1. The van der Waals surface area contributed by atoms with Crippen LogP contribution in [0.1, 0.15) is 18.4 Å². The molecule has 0 aromatic heterocycles. The van der Waals surface area contributed by atoms with E-state index in [1.54, 1.807) is 19.2 Å². The summed E-state index contributed by atoms with van der Waals surface area (Å²) in [5, 5.41) is 0.0441. The molecule has 0 fully saturated rings. The van der Waals surface area contributed by atoms with Crippen molar-refractivity contribution in [3.63, 3.8) is 0 Å². The lowest BCUT2D eigenvalue weighted by Crippen LogP contribution is -2.05. The van der Waals surface area contributed by atoms with Gasteiger partial charge in [0, 0.05) is 26.6 Å². The number of carbonyl (C=O) groups is 1. The van der Waals surface area contributed by atoms with Crippen molar-refractivity contribution in [2.24, 2.45) is 0 Å². The fraction of sp³-hybridized carbons (Fsp3) is 0.417. The molecule has 0 bridgehead atoms. The first-order valence-electron chi connectivity index (χ1n) is 5.08. The molecule has 0 unspecified atom stereocenters. The minimum absolute atomic E-state index is 0.0441. The predicted octanol–water partition coefficient (Wildman–Crippen LogP) is 3.02. The first kappa shape index (κ1) is 13.1. The largest absolute Gasteiger partial charge is 0.385 e. The number of Topliss-reactive ketones (excluding diaryl/α,β-unsaturated/α-hetero) is 1. The van der Waals surface area contributed by atoms with Gasteiger partial charge >= 0.3 is 0 Å². The third-order valence-corrected chi connectivity index (χ3v) is 2.65. The number of ether oxygens (including phenoxy) is 1. The van der Waals surface area contributed by atoms with Gasteiger partial charge in [-0.1, -0.05) is 23.7 Å². The lowest BCUT2D eigenvalue weighted by molar-refractivity contribution is -0.118. The third kappa shape index (κ3) is 3.91. The molecular weight excluding hydrogens is 231 g/mol. The third-order valence-electron chi connectivity index (χ3n) is 2.22. The van der Waals surface area contributed by atoms with Crippen LogP contribution in [0.3, 0.4) is 0 Å². The number of carbonyl (C=O) groups excluding carboxylic acids is 1. The fourth-order valence-electron chi connectivity index (χ4n) is 1.40. The van der Waals surface area contributed by atoms with Gasteiger partial charge in [-0.3, -0.25) is 4.79 Å². The van der Waals surface area contributed by atoms with Gasteiger partial charge in [0.05, 0.1) is 5.02 Å². The number of rotatable bonds is 6. The summed E-state index contributed by atoms with van der Waals surface area (Å²) in [6.45, 7) is 0.558. The number of hydrogen-bond donors (Lipinski definition) is 0. The number of methoxy groups -OCH3 is 1. The number of halogens is 2. The van der Waals surface area contributed by atoms with Crippen LogP contribution in [0, 0.1) is 5.82 Å². The van der Waals surface area contributed by atoms with Crippen molar-refractivity contribution in [1.82, 2.24) is 0 Å². The van der Waals surface area contributed by atoms with Crippen molar-refractivity contribution < 1.29 is 13.9 Å². The molecule has 0 N–H and O–H groups in total. The highest BCUT2D eigenvalue weighted by molar-refractivity contribution is 6.31. The monoisotopic (exact) mass is 244 g/mol. The van der Waals surface area contributed by atoms with Crippen molar-refractivity contribution in [3.05, 3.63) is 34.6 Å². The lowest BCUT2D eigenvalue weighted by Gasteiger charge is -2.04. The van der Waals surface area contributed by atoms with E-state index < -0.39 is 5.82 Å². The zero-order chi connectivity index (χ0) is 12.0. The van der Waals surface area contributed by atoms with Crippen LogP contribution in [0.4, 0.5) is 4.39 Å². The van der Waals surface area contributed by atoms with Crippen LogP contribution in [-0.2, 0) is 16.0 Å². The maximum Gasteiger partial charge on any atom is 0.142 e. The van der Waals surface area contributed by atoms with Crippen LogP contribution < -0.4 is 0 Å². The molecule has 0 saturated heterocycles. The van der Waals surface area contributed by atoms with Crippen LogP contribution >= 0.6 is 11.6 Å². The van der Waals surface area contributed by atoms with Crippen LogP contribution in [0.15, 0.2) is 18.2 Å². The highest BCUT2D eigenvalue weighted by atomic mass is 35.5. The second kappa shape index (κ2) is 6.61. The summed E-state index contributed by atoms with van der Waals surface area (Å²) in [5.41, 5.74) is 0.545. The van der Waals surface area contributed by atoms with E-state index in [0.29, 0.717) is 25.0 Å². The van der Waals surface area contributed by atoms with Crippen molar-refractivity contribution in [1.29, 1.82) is 0 Å². The van der Waals surface area contributed by atoms with E-state index in [9.17, 15) is 9.18 Å².